The van der Waals surface area contributed by atoms with Gasteiger partial charge in [-0.2, -0.15) is 0 Å². The zero-order valence-corrected chi connectivity index (χ0v) is 23.1. The van der Waals surface area contributed by atoms with Crippen LogP contribution in [0, 0.1) is 6.92 Å². The molecule has 9 nitrogen and oxygen atoms in total. The van der Waals surface area contributed by atoms with Crippen molar-refractivity contribution in [3.8, 4) is 23.0 Å². The molecule has 0 aliphatic carbocycles. The molecule has 0 unspecified atom stereocenters. The van der Waals surface area contributed by atoms with Crippen molar-refractivity contribution in [1.82, 2.24) is 5.32 Å². The van der Waals surface area contributed by atoms with Gasteiger partial charge in [-0.05, 0) is 49.6 Å². The summed E-state index contributed by atoms with van der Waals surface area (Å²) in [5.74, 6) is 0.839. The van der Waals surface area contributed by atoms with E-state index in [1.54, 1.807) is 12.1 Å². The summed E-state index contributed by atoms with van der Waals surface area (Å²) in [6, 6.07) is 17.2. The second-order valence-electron chi connectivity index (χ2n) is 8.51. The Bertz CT molecular complexity index is 1340. The number of nitrogens with one attached hydrogen (secondary N) is 1. The SMILES string of the molecule is COc1ccc(OC)c(N(CC(=O)NCCCc2ccc(C)cc2)S(=O)(=O)c2ccc(OC)c(OC)c2)c1. The highest BCUT2D eigenvalue weighted by molar-refractivity contribution is 7.92. The van der Waals surface area contributed by atoms with E-state index < -0.39 is 22.5 Å². The van der Waals surface area contributed by atoms with E-state index in [1.165, 1.54) is 63.8 Å². The summed E-state index contributed by atoms with van der Waals surface area (Å²) < 4.78 is 50.1. The number of rotatable bonds is 13. The van der Waals surface area contributed by atoms with Crippen molar-refractivity contribution in [1.29, 1.82) is 0 Å². The van der Waals surface area contributed by atoms with Crippen LogP contribution >= 0.6 is 0 Å². The van der Waals surface area contributed by atoms with E-state index in [4.69, 9.17) is 18.9 Å². The third kappa shape index (κ3) is 6.89. The van der Waals surface area contributed by atoms with Gasteiger partial charge in [0.15, 0.2) is 11.5 Å². The summed E-state index contributed by atoms with van der Waals surface area (Å²) in [6.07, 6.45) is 1.50. The molecule has 1 amide bonds. The minimum absolute atomic E-state index is 0.0767. The first-order valence-electron chi connectivity index (χ1n) is 12.0. The fourth-order valence-electron chi connectivity index (χ4n) is 3.86. The first-order valence-corrected chi connectivity index (χ1v) is 13.5. The molecule has 3 aromatic rings. The third-order valence-electron chi connectivity index (χ3n) is 5.97. The Morgan fingerprint density at radius 1 is 0.816 bits per heavy atom. The standard InChI is InChI=1S/C28H34N2O7S/c1-20-8-10-21(11-9-20)7-6-16-29-28(31)19-30(24-17-22(34-2)12-14-25(24)35-3)38(32,33)23-13-15-26(36-4)27(18-23)37-5/h8-15,17-18H,6-7,16,19H2,1-5H3,(H,29,31). The fraction of sp³-hybridized carbons (Fsp3) is 0.321. The monoisotopic (exact) mass is 542 g/mol. The van der Waals surface area contributed by atoms with E-state index in [1.807, 2.05) is 19.1 Å². The minimum atomic E-state index is -4.24. The lowest BCUT2D eigenvalue weighted by Gasteiger charge is -2.26. The number of benzene rings is 3. The van der Waals surface area contributed by atoms with Crippen molar-refractivity contribution in [2.45, 2.75) is 24.7 Å². The maximum atomic E-state index is 13.9. The predicted octanol–water partition coefficient (Wildman–Crippen LogP) is 3.97. The van der Waals surface area contributed by atoms with Crippen LogP contribution < -0.4 is 28.6 Å². The summed E-state index contributed by atoms with van der Waals surface area (Å²) in [5.41, 5.74) is 2.52. The Morgan fingerprint density at radius 2 is 1.47 bits per heavy atom. The molecule has 3 rings (SSSR count). The van der Waals surface area contributed by atoms with Crippen molar-refractivity contribution in [3.05, 3.63) is 71.8 Å². The summed E-state index contributed by atoms with van der Waals surface area (Å²) in [4.78, 5) is 12.9. The van der Waals surface area contributed by atoms with Crippen LogP contribution in [-0.2, 0) is 21.2 Å². The zero-order chi connectivity index (χ0) is 27.7. The topological polar surface area (TPSA) is 103 Å². The van der Waals surface area contributed by atoms with E-state index in [2.05, 4.69) is 17.4 Å². The van der Waals surface area contributed by atoms with Crippen LogP contribution in [0.3, 0.4) is 0 Å². The molecule has 0 saturated heterocycles. The Hall–Kier alpha value is -3.92. The smallest absolute Gasteiger partial charge is 0.265 e. The molecule has 38 heavy (non-hydrogen) atoms. The zero-order valence-electron chi connectivity index (χ0n) is 22.3. The number of nitrogens with zero attached hydrogens (tertiary/aromatic N) is 1. The molecule has 0 heterocycles. The van der Waals surface area contributed by atoms with Gasteiger partial charge >= 0.3 is 0 Å². The highest BCUT2D eigenvalue weighted by Gasteiger charge is 2.31. The van der Waals surface area contributed by atoms with Crippen molar-refractivity contribution in [2.75, 3.05) is 45.8 Å². The van der Waals surface area contributed by atoms with Gasteiger partial charge in [0, 0.05) is 18.7 Å². The van der Waals surface area contributed by atoms with Crippen LogP contribution in [0.5, 0.6) is 23.0 Å². The Balaban J connectivity index is 1.88. The van der Waals surface area contributed by atoms with Gasteiger partial charge in [0.25, 0.3) is 10.0 Å². The largest absolute Gasteiger partial charge is 0.497 e. The number of hydrogen-bond acceptors (Lipinski definition) is 7. The van der Waals surface area contributed by atoms with Gasteiger partial charge in [0.05, 0.1) is 39.0 Å². The second kappa shape index (κ2) is 13.0. The molecule has 0 radical (unpaired) electrons. The van der Waals surface area contributed by atoms with Crippen LogP contribution in [0.15, 0.2) is 65.6 Å². The van der Waals surface area contributed by atoms with E-state index >= 15 is 0 Å². The number of amides is 1. The van der Waals surface area contributed by atoms with Crippen molar-refractivity contribution >= 4 is 21.6 Å². The number of carbonyl (C=O) groups is 1. The molecular weight excluding hydrogens is 508 g/mol. The molecule has 0 aromatic heterocycles. The van der Waals surface area contributed by atoms with E-state index in [0.717, 1.165) is 10.7 Å². The number of sulfonamides is 1. The maximum absolute atomic E-state index is 13.9. The average molecular weight is 543 g/mol. The highest BCUT2D eigenvalue weighted by Crippen LogP contribution is 2.37. The molecule has 1 N–H and O–H groups in total. The molecule has 204 valence electrons. The quantitative estimate of drug-likeness (QED) is 0.326. The number of hydrogen-bond donors (Lipinski definition) is 1. The number of carbonyl (C=O) groups excluding carboxylic acids is 1. The van der Waals surface area contributed by atoms with Gasteiger partial charge < -0.3 is 24.3 Å². The second-order valence-corrected chi connectivity index (χ2v) is 10.4. The van der Waals surface area contributed by atoms with E-state index in [9.17, 15) is 13.2 Å². The average Bonchev–Trinajstić information content (AvgIpc) is 2.94. The van der Waals surface area contributed by atoms with Crippen LogP contribution in [-0.4, -0.2) is 55.9 Å². The number of aryl methyl sites for hydroxylation is 2. The lowest BCUT2D eigenvalue weighted by Crippen LogP contribution is -2.41. The molecule has 0 atom stereocenters. The van der Waals surface area contributed by atoms with Crippen LogP contribution in [0.2, 0.25) is 0 Å². The van der Waals surface area contributed by atoms with Gasteiger partial charge in [-0.15, -0.1) is 0 Å². The highest BCUT2D eigenvalue weighted by atomic mass is 32.2. The number of methoxy groups -OCH3 is 4. The molecule has 0 bridgehead atoms. The molecule has 0 saturated carbocycles. The summed E-state index contributed by atoms with van der Waals surface area (Å²) >= 11 is 0. The molecule has 3 aromatic carbocycles. The number of anilines is 1. The minimum Gasteiger partial charge on any atom is -0.497 e. The van der Waals surface area contributed by atoms with Gasteiger partial charge in [-0.3, -0.25) is 9.10 Å². The molecule has 0 spiro atoms. The summed E-state index contributed by atoms with van der Waals surface area (Å²) in [6.45, 7) is 1.96. The van der Waals surface area contributed by atoms with Gasteiger partial charge in [0.1, 0.15) is 18.0 Å². The Kier molecular flexibility index (Phi) is 9.84. The van der Waals surface area contributed by atoms with Crippen LogP contribution in [0.1, 0.15) is 17.5 Å². The van der Waals surface area contributed by atoms with Gasteiger partial charge in [0.2, 0.25) is 5.91 Å². The van der Waals surface area contributed by atoms with E-state index in [0.29, 0.717) is 24.5 Å². The molecule has 10 heteroatoms. The number of ether oxygens (including phenoxy) is 4. The van der Waals surface area contributed by atoms with Crippen molar-refractivity contribution in [3.63, 3.8) is 0 Å². The molecule has 0 aliphatic heterocycles. The fourth-order valence-corrected chi connectivity index (χ4v) is 5.30. The molecule has 0 fully saturated rings. The maximum Gasteiger partial charge on any atom is 0.265 e. The van der Waals surface area contributed by atoms with Gasteiger partial charge in [-0.25, -0.2) is 8.42 Å². The Morgan fingerprint density at radius 3 is 2.11 bits per heavy atom. The molecule has 0 aliphatic rings. The predicted molar refractivity (Wildman–Crippen MR) is 146 cm³/mol. The normalized spacial score (nSPS) is 11.0. The first kappa shape index (κ1) is 28.6. The van der Waals surface area contributed by atoms with Crippen LogP contribution in [0.4, 0.5) is 5.69 Å². The lowest BCUT2D eigenvalue weighted by molar-refractivity contribution is -0.119. The third-order valence-corrected chi connectivity index (χ3v) is 7.73. The Labute approximate surface area is 224 Å². The van der Waals surface area contributed by atoms with Crippen molar-refractivity contribution in [2.24, 2.45) is 0 Å². The first-order chi connectivity index (χ1) is 18.2. The summed E-state index contributed by atoms with van der Waals surface area (Å²) in [7, 11) is 1.54. The van der Waals surface area contributed by atoms with Gasteiger partial charge in [-0.1, -0.05) is 29.8 Å². The van der Waals surface area contributed by atoms with Crippen molar-refractivity contribution < 1.29 is 32.2 Å². The van der Waals surface area contributed by atoms with E-state index in [-0.39, 0.29) is 22.1 Å². The lowest BCUT2D eigenvalue weighted by atomic mass is 10.1. The molecular formula is C28H34N2O7S. The summed E-state index contributed by atoms with van der Waals surface area (Å²) in [5, 5.41) is 2.83. The van der Waals surface area contributed by atoms with Crippen LogP contribution in [0.25, 0.3) is 0 Å².